The lowest BCUT2D eigenvalue weighted by Crippen LogP contribution is -2.38. The van der Waals surface area contributed by atoms with E-state index >= 15 is 0 Å². The van der Waals surface area contributed by atoms with Crippen LogP contribution in [0.25, 0.3) is 0 Å². The Kier molecular flexibility index (Phi) is 3.10. The first-order chi connectivity index (χ1) is 6.34. The van der Waals surface area contributed by atoms with Gasteiger partial charge in [0, 0.05) is 26.7 Å². The van der Waals surface area contributed by atoms with Crippen molar-refractivity contribution in [1.29, 1.82) is 0 Å². The highest BCUT2D eigenvalue weighted by Crippen LogP contribution is 2.36. The second-order valence-electron chi connectivity index (χ2n) is 4.74. The van der Waals surface area contributed by atoms with Gasteiger partial charge in [-0.2, -0.15) is 0 Å². The summed E-state index contributed by atoms with van der Waals surface area (Å²) in [5, 5.41) is 3.48. The Balaban J connectivity index is 3.01. The first-order valence-electron chi connectivity index (χ1n) is 4.82. The zero-order valence-corrected chi connectivity index (χ0v) is 10.8. The Bertz CT molecular complexity index is 296. The first-order valence-corrected chi connectivity index (χ1v) is 5.70. The van der Waals surface area contributed by atoms with E-state index in [1.165, 1.54) is 10.7 Å². The van der Waals surface area contributed by atoms with Crippen LogP contribution >= 0.6 is 11.3 Å². The molecule has 80 valence electrons. The fourth-order valence-electron chi connectivity index (χ4n) is 1.19. The number of anilines is 2. The lowest BCUT2D eigenvalue weighted by molar-refractivity contribution is 0.542. The van der Waals surface area contributed by atoms with E-state index in [0.717, 1.165) is 0 Å². The van der Waals surface area contributed by atoms with E-state index in [1.807, 2.05) is 0 Å². The van der Waals surface area contributed by atoms with Gasteiger partial charge in [-0.05, 0) is 32.2 Å². The number of hydrogen-bond acceptors (Lipinski definition) is 3. The van der Waals surface area contributed by atoms with Gasteiger partial charge in [0.15, 0.2) is 0 Å². The fraction of sp³-hybridized carbons (Fsp3) is 0.636. The molecule has 0 bridgehead atoms. The summed E-state index contributed by atoms with van der Waals surface area (Å²) in [4.78, 5) is 4.49. The van der Waals surface area contributed by atoms with Gasteiger partial charge in [0.1, 0.15) is 5.00 Å². The van der Waals surface area contributed by atoms with Crippen LogP contribution in [0, 0.1) is 0 Å². The molecule has 0 spiro atoms. The summed E-state index contributed by atoms with van der Waals surface area (Å²) in [6.45, 7) is 6.68. The van der Waals surface area contributed by atoms with Gasteiger partial charge in [-0.15, -0.1) is 11.3 Å². The van der Waals surface area contributed by atoms with Crippen molar-refractivity contribution in [1.82, 2.24) is 0 Å². The van der Waals surface area contributed by atoms with E-state index < -0.39 is 0 Å². The van der Waals surface area contributed by atoms with Crippen molar-refractivity contribution in [2.45, 2.75) is 26.3 Å². The molecule has 0 saturated heterocycles. The van der Waals surface area contributed by atoms with Crippen molar-refractivity contribution in [2.24, 2.45) is 0 Å². The summed E-state index contributed by atoms with van der Waals surface area (Å²) in [6, 6.07) is 2.17. The van der Waals surface area contributed by atoms with Gasteiger partial charge >= 0.3 is 0 Å². The highest BCUT2D eigenvalue weighted by atomic mass is 32.1. The Hall–Kier alpha value is -0.700. The lowest BCUT2D eigenvalue weighted by atomic mass is 10.1. The predicted molar refractivity (Wildman–Crippen MR) is 66.8 cm³/mol. The SMILES string of the molecule is CN(C)c1ccsc1N(C)C(C)(C)C. The number of rotatable bonds is 2. The van der Waals surface area contributed by atoms with E-state index in [-0.39, 0.29) is 5.54 Å². The van der Waals surface area contributed by atoms with Crippen LogP contribution in [0.2, 0.25) is 0 Å². The maximum atomic E-state index is 2.33. The average Bonchev–Trinajstić information content (AvgIpc) is 2.48. The largest absolute Gasteiger partial charge is 0.375 e. The van der Waals surface area contributed by atoms with Crippen molar-refractivity contribution < 1.29 is 0 Å². The van der Waals surface area contributed by atoms with Crippen LogP contribution in [-0.4, -0.2) is 26.7 Å². The molecule has 0 saturated carbocycles. The van der Waals surface area contributed by atoms with Gasteiger partial charge in [-0.3, -0.25) is 0 Å². The zero-order valence-electron chi connectivity index (χ0n) is 9.96. The van der Waals surface area contributed by atoms with Crippen LogP contribution < -0.4 is 9.80 Å². The summed E-state index contributed by atoms with van der Waals surface area (Å²) < 4.78 is 0. The van der Waals surface area contributed by atoms with Crippen LogP contribution in [0.3, 0.4) is 0 Å². The molecule has 0 aromatic carbocycles. The Morgan fingerprint density at radius 3 is 2.14 bits per heavy atom. The molecule has 0 N–H and O–H groups in total. The maximum Gasteiger partial charge on any atom is 0.115 e. The topological polar surface area (TPSA) is 6.48 Å². The summed E-state index contributed by atoms with van der Waals surface area (Å²) in [6.07, 6.45) is 0. The molecule has 0 radical (unpaired) electrons. The molecule has 0 aliphatic rings. The van der Waals surface area contributed by atoms with E-state index in [1.54, 1.807) is 11.3 Å². The minimum absolute atomic E-state index is 0.176. The normalized spacial score (nSPS) is 11.6. The lowest BCUT2D eigenvalue weighted by Gasteiger charge is -2.34. The van der Waals surface area contributed by atoms with Crippen molar-refractivity contribution >= 4 is 22.0 Å². The van der Waals surface area contributed by atoms with Gasteiger partial charge in [0.25, 0.3) is 0 Å². The molecule has 3 heteroatoms. The van der Waals surface area contributed by atoms with Crippen LogP contribution in [0.5, 0.6) is 0 Å². The predicted octanol–water partition coefficient (Wildman–Crippen LogP) is 3.05. The zero-order chi connectivity index (χ0) is 10.9. The standard InChI is InChI=1S/C11H20N2S/c1-11(2,3)13(6)10-9(12(4)5)7-8-14-10/h7-8H,1-6H3. The van der Waals surface area contributed by atoms with Crippen LogP contribution in [0.1, 0.15) is 20.8 Å². The second kappa shape index (κ2) is 3.81. The molecule has 14 heavy (non-hydrogen) atoms. The first kappa shape index (κ1) is 11.4. The monoisotopic (exact) mass is 212 g/mol. The quantitative estimate of drug-likeness (QED) is 0.743. The minimum Gasteiger partial charge on any atom is -0.375 e. The third kappa shape index (κ3) is 2.21. The van der Waals surface area contributed by atoms with E-state index in [9.17, 15) is 0 Å². The maximum absolute atomic E-state index is 2.33. The Morgan fingerprint density at radius 2 is 1.71 bits per heavy atom. The Labute approximate surface area is 91.1 Å². The molecule has 0 aliphatic carbocycles. The molecule has 0 amide bonds. The average molecular weight is 212 g/mol. The molecule has 1 heterocycles. The third-order valence-electron chi connectivity index (χ3n) is 2.42. The smallest absolute Gasteiger partial charge is 0.115 e. The van der Waals surface area contributed by atoms with E-state index in [2.05, 4.69) is 63.2 Å². The van der Waals surface area contributed by atoms with Crippen molar-refractivity contribution in [2.75, 3.05) is 30.9 Å². The molecule has 0 unspecified atom stereocenters. The molecule has 0 fully saturated rings. The summed E-state index contributed by atoms with van der Waals surface area (Å²) >= 11 is 1.80. The van der Waals surface area contributed by atoms with E-state index in [0.29, 0.717) is 0 Å². The van der Waals surface area contributed by atoms with Crippen molar-refractivity contribution in [3.8, 4) is 0 Å². The molecule has 0 aliphatic heterocycles. The molecule has 1 rings (SSSR count). The number of hydrogen-bond donors (Lipinski definition) is 0. The highest BCUT2D eigenvalue weighted by molar-refractivity contribution is 7.14. The van der Waals surface area contributed by atoms with Crippen LogP contribution in [0.4, 0.5) is 10.7 Å². The molecule has 0 atom stereocenters. The van der Waals surface area contributed by atoms with Crippen molar-refractivity contribution in [3.05, 3.63) is 11.4 Å². The fourth-order valence-corrected chi connectivity index (χ4v) is 2.32. The van der Waals surface area contributed by atoms with E-state index in [4.69, 9.17) is 0 Å². The molecule has 1 aromatic rings. The molecular formula is C11H20N2S. The Morgan fingerprint density at radius 1 is 1.14 bits per heavy atom. The summed E-state index contributed by atoms with van der Waals surface area (Å²) in [7, 11) is 6.32. The molecule has 1 aromatic heterocycles. The van der Waals surface area contributed by atoms with Gasteiger partial charge in [0.2, 0.25) is 0 Å². The van der Waals surface area contributed by atoms with Gasteiger partial charge in [-0.1, -0.05) is 0 Å². The number of thiophene rings is 1. The second-order valence-corrected chi connectivity index (χ2v) is 5.63. The number of nitrogens with zero attached hydrogens (tertiary/aromatic N) is 2. The molecule has 2 nitrogen and oxygen atoms in total. The third-order valence-corrected chi connectivity index (χ3v) is 3.40. The summed E-state index contributed by atoms with van der Waals surface area (Å²) in [5.74, 6) is 0. The van der Waals surface area contributed by atoms with Crippen LogP contribution in [0.15, 0.2) is 11.4 Å². The minimum atomic E-state index is 0.176. The van der Waals surface area contributed by atoms with Gasteiger partial charge in [0.05, 0.1) is 5.69 Å². The highest BCUT2D eigenvalue weighted by Gasteiger charge is 2.21. The van der Waals surface area contributed by atoms with Crippen molar-refractivity contribution in [3.63, 3.8) is 0 Å². The molecular weight excluding hydrogens is 192 g/mol. The van der Waals surface area contributed by atoms with Gasteiger partial charge in [-0.25, -0.2) is 0 Å². The van der Waals surface area contributed by atoms with Crippen LogP contribution in [-0.2, 0) is 0 Å². The summed E-state index contributed by atoms with van der Waals surface area (Å²) in [5.41, 5.74) is 1.47. The van der Waals surface area contributed by atoms with Gasteiger partial charge < -0.3 is 9.80 Å².